The van der Waals surface area contributed by atoms with Gasteiger partial charge in [0.15, 0.2) is 5.15 Å². The van der Waals surface area contributed by atoms with Gasteiger partial charge in [-0.3, -0.25) is 9.59 Å². The van der Waals surface area contributed by atoms with Crippen molar-refractivity contribution in [2.75, 3.05) is 5.32 Å². The van der Waals surface area contributed by atoms with Gasteiger partial charge in [0.05, 0.1) is 16.8 Å². The molecule has 1 amide bonds. The van der Waals surface area contributed by atoms with Gasteiger partial charge < -0.3 is 10.3 Å². The molecule has 0 saturated heterocycles. The van der Waals surface area contributed by atoms with Crippen LogP contribution in [-0.2, 0) is 11.2 Å². The van der Waals surface area contributed by atoms with Gasteiger partial charge in [0.1, 0.15) is 11.6 Å². The first-order chi connectivity index (χ1) is 11.5. The average Bonchev–Trinajstić information content (AvgIpc) is 2.95. The monoisotopic (exact) mass is 345 g/mol. The number of Topliss-reactive ketones (excluding diaryl/α,β-unsaturated/α-hetero) is 1. The Hall–Kier alpha value is -2.73. The van der Waals surface area contributed by atoms with Crippen LogP contribution >= 0.6 is 11.6 Å². The molecule has 0 fully saturated rings. The molecule has 2 heterocycles. The second kappa shape index (κ2) is 6.41. The van der Waals surface area contributed by atoms with Gasteiger partial charge in [-0.1, -0.05) is 23.7 Å². The molecule has 2 N–H and O–H groups in total. The van der Waals surface area contributed by atoms with E-state index in [-0.39, 0.29) is 22.9 Å². The van der Waals surface area contributed by atoms with Gasteiger partial charge >= 0.3 is 0 Å². The molecule has 0 aliphatic rings. The average molecular weight is 346 g/mol. The summed E-state index contributed by atoms with van der Waals surface area (Å²) in [5.74, 6) is -0.897. The fourth-order valence-corrected chi connectivity index (χ4v) is 2.63. The summed E-state index contributed by atoms with van der Waals surface area (Å²) in [4.78, 5) is 30.4. The number of pyridine rings is 1. The van der Waals surface area contributed by atoms with E-state index in [0.717, 1.165) is 0 Å². The van der Waals surface area contributed by atoms with E-state index in [1.165, 1.54) is 25.3 Å². The van der Waals surface area contributed by atoms with Crippen molar-refractivity contribution in [1.29, 1.82) is 0 Å². The number of nitrogens with zero attached hydrogens (tertiary/aromatic N) is 1. The van der Waals surface area contributed by atoms with Crippen LogP contribution in [0.3, 0.4) is 0 Å². The predicted molar refractivity (Wildman–Crippen MR) is 89.8 cm³/mol. The van der Waals surface area contributed by atoms with E-state index in [1.54, 1.807) is 18.2 Å². The van der Waals surface area contributed by atoms with Gasteiger partial charge in [-0.15, -0.1) is 0 Å². The van der Waals surface area contributed by atoms with Crippen LogP contribution in [0.2, 0.25) is 5.15 Å². The number of ketones is 1. The lowest BCUT2D eigenvalue weighted by Crippen LogP contribution is -2.12. The molecule has 2 aromatic heterocycles. The highest BCUT2D eigenvalue weighted by Crippen LogP contribution is 2.24. The third kappa shape index (κ3) is 3.14. The van der Waals surface area contributed by atoms with Gasteiger partial charge in [-0.25, -0.2) is 9.37 Å². The summed E-state index contributed by atoms with van der Waals surface area (Å²) in [5, 5.41) is 3.21. The minimum atomic E-state index is -0.435. The summed E-state index contributed by atoms with van der Waals surface area (Å²) >= 11 is 6.06. The van der Waals surface area contributed by atoms with Crippen molar-refractivity contribution in [2.24, 2.45) is 0 Å². The number of benzene rings is 1. The SMILES string of the molecule is CC(=O)Cc1ccc(NC(=O)c2c[nH]c3c(F)cccc23)c(Cl)n1. The fraction of sp³-hybridized carbons (Fsp3) is 0.118. The smallest absolute Gasteiger partial charge is 0.257 e. The maximum Gasteiger partial charge on any atom is 0.257 e. The number of carbonyl (C=O) groups excluding carboxylic acids is 2. The van der Waals surface area contributed by atoms with E-state index in [2.05, 4.69) is 15.3 Å². The molecule has 7 heteroatoms. The molecule has 122 valence electrons. The minimum absolute atomic E-state index is 0.0313. The van der Waals surface area contributed by atoms with Crippen molar-refractivity contribution in [2.45, 2.75) is 13.3 Å². The normalized spacial score (nSPS) is 10.8. The van der Waals surface area contributed by atoms with Crippen LogP contribution in [0.1, 0.15) is 23.0 Å². The Labute approximate surface area is 141 Å². The van der Waals surface area contributed by atoms with Crippen LogP contribution in [0.5, 0.6) is 0 Å². The molecule has 0 aliphatic heterocycles. The Balaban J connectivity index is 1.86. The van der Waals surface area contributed by atoms with Crippen molar-refractivity contribution >= 4 is 39.9 Å². The van der Waals surface area contributed by atoms with Crippen molar-refractivity contribution in [1.82, 2.24) is 9.97 Å². The summed E-state index contributed by atoms with van der Waals surface area (Å²) in [7, 11) is 0. The highest BCUT2D eigenvalue weighted by molar-refractivity contribution is 6.32. The molecule has 0 spiro atoms. The van der Waals surface area contributed by atoms with E-state index in [4.69, 9.17) is 11.6 Å². The molecule has 0 aliphatic carbocycles. The Bertz CT molecular complexity index is 952. The zero-order chi connectivity index (χ0) is 17.3. The highest BCUT2D eigenvalue weighted by atomic mass is 35.5. The number of fused-ring (bicyclic) bond motifs is 1. The van der Waals surface area contributed by atoms with Crippen LogP contribution in [-0.4, -0.2) is 21.7 Å². The zero-order valence-electron chi connectivity index (χ0n) is 12.7. The predicted octanol–water partition coefficient (Wildman–Crippen LogP) is 3.74. The number of halogens is 2. The summed E-state index contributed by atoms with van der Waals surface area (Å²) in [6.07, 6.45) is 1.62. The number of H-pyrrole nitrogens is 1. The lowest BCUT2D eigenvalue weighted by Gasteiger charge is -2.07. The molecule has 0 radical (unpaired) electrons. The first-order valence-electron chi connectivity index (χ1n) is 7.17. The molecule has 0 saturated carbocycles. The van der Waals surface area contributed by atoms with Crippen molar-refractivity contribution in [3.8, 4) is 0 Å². The lowest BCUT2D eigenvalue weighted by atomic mass is 10.1. The Morgan fingerprint density at radius 3 is 2.79 bits per heavy atom. The number of anilines is 1. The summed E-state index contributed by atoms with van der Waals surface area (Å²) in [6, 6.07) is 7.71. The van der Waals surface area contributed by atoms with Gasteiger partial charge in [-0.05, 0) is 25.1 Å². The molecule has 5 nitrogen and oxygen atoms in total. The highest BCUT2D eigenvalue weighted by Gasteiger charge is 2.16. The third-order valence-corrected chi connectivity index (χ3v) is 3.78. The number of nitrogens with one attached hydrogen (secondary N) is 2. The number of hydrogen-bond acceptors (Lipinski definition) is 3. The molecule has 0 atom stereocenters. The first kappa shape index (κ1) is 16.1. The van der Waals surface area contributed by atoms with Crippen LogP contribution in [0.4, 0.5) is 10.1 Å². The van der Waals surface area contributed by atoms with E-state index in [9.17, 15) is 14.0 Å². The summed E-state index contributed by atoms with van der Waals surface area (Å²) in [5.41, 5.74) is 1.41. The fourth-order valence-electron chi connectivity index (χ4n) is 2.41. The van der Waals surface area contributed by atoms with Crippen LogP contribution in [0.25, 0.3) is 10.9 Å². The Morgan fingerprint density at radius 1 is 1.29 bits per heavy atom. The van der Waals surface area contributed by atoms with Crippen molar-refractivity contribution in [3.63, 3.8) is 0 Å². The topological polar surface area (TPSA) is 74.8 Å². The van der Waals surface area contributed by atoms with E-state index < -0.39 is 11.7 Å². The van der Waals surface area contributed by atoms with Crippen LogP contribution in [0.15, 0.2) is 36.5 Å². The molecule has 24 heavy (non-hydrogen) atoms. The van der Waals surface area contributed by atoms with E-state index >= 15 is 0 Å². The van der Waals surface area contributed by atoms with Crippen molar-refractivity contribution in [3.05, 3.63) is 58.8 Å². The number of amides is 1. The van der Waals surface area contributed by atoms with Gasteiger partial charge in [0.2, 0.25) is 0 Å². The summed E-state index contributed by atoms with van der Waals surface area (Å²) in [6.45, 7) is 1.46. The van der Waals surface area contributed by atoms with E-state index in [1.807, 2.05) is 0 Å². The van der Waals surface area contributed by atoms with Crippen LogP contribution in [0, 0.1) is 5.82 Å². The third-order valence-electron chi connectivity index (χ3n) is 3.49. The number of hydrogen-bond donors (Lipinski definition) is 2. The van der Waals surface area contributed by atoms with Gasteiger partial charge in [0, 0.05) is 23.7 Å². The second-order valence-electron chi connectivity index (χ2n) is 5.34. The maximum absolute atomic E-state index is 13.7. The molecule has 0 bridgehead atoms. The number of aromatic amines is 1. The Morgan fingerprint density at radius 2 is 2.08 bits per heavy atom. The molecule has 1 aromatic carbocycles. The lowest BCUT2D eigenvalue weighted by molar-refractivity contribution is -0.116. The molecule has 3 aromatic rings. The van der Waals surface area contributed by atoms with Crippen LogP contribution < -0.4 is 5.32 Å². The number of rotatable bonds is 4. The second-order valence-corrected chi connectivity index (χ2v) is 5.70. The van der Waals surface area contributed by atoms with Gasteiger partial charge in [0.25, 0.3) is 5.91 Å². The largest absolute Gasteiger partial charge is 0.358 e. The maximum atomic E-state index is 13.7. The number of para-hydroxylation sites is 1. The van der Waals surface area contributed by atoms with E-state index in [0.29, 0.717) is 22.3 Å². The minimum Gasteiger partial charge on any atom is -0.358 e. The molecule has 0 unspecified atom stereocenters. The summed E-state index contributed by atoms with van der Waals surface area (Å²) < 4.78 is 13.7. The quantitative estimate of drug-likeness (QED) is 0.707. The number of aromatic nitrogens is 2. The zero-order valence-corrected chi connectivity index (χ0v) is 13.4. The standard InChI is InChI=1S/C17H13ClFN3O2/c1-9(23)7-10-5-6-14(16(18)21-10)22-17(24)12-8-20-15-11(12)3-2-4-13(15)19/h2-6,8,20H,7H2,1H3,(H,22,24). The molecule has 3 rings (SSSR count). The van der Waals surface area contributed by atoms with Crippen molar-refractivity contribution < 1.29 is 14.0 Å². The Kier molecular flexibility index (Phi) is 4.31. The molecular formula is C17H13ClFN3O2. The number of carbonyl (C=O) groups is 2. The first-order valence-corrected chi connectivity index (χ1v) is 7.55. The molecular weight excluding hydrogens is 333 g/mol. The van der Waals surface area contributed by atoms with Gasteiger partial charge in [-0.2, -0.15) is 0 Å².